The molecule has 208 valence electrons. The molecule has 0 bridgehead atoms. The van der Waals surface area contributed by atoms with Gasteiger partial charge in [-0.3, -0.25) is 14.2 Å². The Morgan fingerprint density at radius 1 is 1.02 bits per heavy atom. The summed E-state index contributed by atoms with van der Waals surface area (Å²) in [6.07, 6.45) is -2.30. The molecule has 9 nitrogen and oxygen atoms in total. The summed E-state index contributed by atoms with van der Waals surface area (Å²) in [5, 5.41) is 10.0. The lowest BCUT2D eigenvalue weighted by molar-refractivity contribution is -0.192. The lowest BCUT2D eigenvalue weighted by Crippen LogP contribution is -2.27. The highest BCUT2D eigenvalue weighted by Gasteiger charge is 2.38. The van der Waals surface area contributed by atoms with Crippen LogP contribution in [0.1, 0.15) is 6.42 Å². The number of fused-ring (bicyclic) bond motifs is 3. The Balaban J connectivity index is 0.000000470. The molecule has 2 aromatic heterocycles. The number of alkyl halides is 3. The molecule has 0 aliphatic rings. The molecule has 0 aliphatic carbocycles. The molecule has 0 spiro atoms. The second-order valence-corrected chi connectivity index (χ2v) is 8.81. The number of aromatic nitrogens is 3. The number of nitrogens with two attached hydrogens (primary N) is 1. The molecule has 40 heavy (non-hydrogen) atoms. The number of rotatable bonds is 6. The van der Waals surface area contributed by atoms with E-state index >= 15 is 0 Å². The van der Waals surface area contributed by atoms with Crippen molar-refractivity contribution in [3.05, 3.63) is 77.2 Å². The van der Waals surface area contributed by atoms with Gasteiger partial charge in [0.25, 0.3) is 5.56 Å². The lowest BCUT2D eigenvalue weighted by Gasteiger charge is -2.12. The maximum Gasteiger partial charge on any atom is 0.490 e. The van der Waals surface area contributed by atoms with Gasteiger partial charge in [0.2, 0.25) is 0 Å². The second kappa shape index (κ2) is 11.6. The van der Waals surface area contributed by atoms with Gasteiger partial charge in [0.05, 0.1) is 18.1 Å². The highest BCUT2D eigenvalue weighted by atomic mass is 19.4. The number of carbonyl (C=O) groups excluding carboxylic acids is 1. The van der Waals surface area contributed by atoms with E-state index in [0.717, 1.165) is 40.2 Å². The number of methoxy groups -OCH3 is 1. The predicted molar refractivity (Wildman–Crippen MR) is 144 cm³/mol. The lowest BCUT2D eigenvalue weighted by atomic mass is 10.1. The normalized spacial score (nSPS) is 11.4. The molecule has 12 heteroatoms. The van der Waals surface area contributed by atoms with E-state index in [1.54, 1.807) is 0 Å². The van der Waals surface area contributed by atoms with E-state index in [4.69, 9.17) is 25.4 Å². The molecule has 5 aromatic rings. The third-order valence-electron chi connectivity index (χ3n) is 6.22. The maximum absolute atomic E-state index is 13.7. The summed E-state index contributed by atoms with van der Waals surface area (Å²) in [7, 11) is 1.32. The minimum atomic E-state index is -5.08. The van der Waals surface area contributed by atoms with Crippen LogP contribution in [0, 0.1) is 0 Å². The number of benzene rings is 3. The van der Waals surface area contributed by atoms with Crippen molar-refractivity contribution < 1.29 is 32.6 Å². The van der Waals surface area contributed by atoms with E-state index in [0.29, 0.717) is 23.3 Å². The van der Waals surface area contributed by atoms with Gasteiger partial charge in [-0.05, 0) is 41.9 Å². The molecule has 2 heterocycles. The van der Waals surface area contributed by atoms with Crippen molar-refractivity contribution in [1.82, 2.24) is 14.1 Å². The summed E-state index contributed by atoms with van der Waals surface area (Å²) in [5.41, 5.74) is 8.70. The predicted octanol–water partition coefficient (Wildman–Crippen LogP) is 4.33. The molecule has 0 aliphatic heterocycles. The highest BCUT2D eigenvalue weighted by Crippen LogP contribution is 2.30. The summed E-state index contributed by atoms with van der Waals surface area (Å²) in [6, 6.07) is 19.7. The number of para-hydroxylation sites is 1. The van der Waals surface area contributed by atoms with Crippen LogP contribution in [0.3, 0.4) is 0 Å². The topological polar surface area (TPSA) is 129 Å². The number of carboxylic acids is 1. The van der Waals surface area contributed by atoms with Crippen LogP contribution in [-0.4, -0.2) is 51.0 Å². The first-order valence-corrected chi connectivity index (χ1v) is 12.1. The fraction of sp³-hybridized carbons (Fsp3) is 0.214. The first-order valence-electron chi connectivity index (χ1n) is 12.1. The molecular formula is C28H25F3N4O5. The standard InChI is InChI=1S/C26H24N4O3.C2HF3O2/c1-33-24(31)16-30-23-14-18-8-3-2-7-17(18)13-21(23)28-25(26(30)32)20-15-29(12-6-11-27)22-10-5-4-9-19(20)22;3-2(4,5)1(6)7/h2-5,7-10,13-15H,6,11-12,16,27H2,1H3;(H,6,7). The van der Waals surface area contributed by atoms with Gasteiger partial charge in [0.15, 0.2) is 0 Å². The van der Waals surface area contributed by atoms with Crippen LogP contribution in [0.15, 0.2) is 71.7 Å². The average Bonchev–Trinajstić information content (AvgIpc) is 3.30. The van der Waals surface area contributed by atoms with Crippen LogP contribution < -0.4 is 11.3 Å². The first kappa shape index (κ1) is 28.3. The van der Waals surface area contributed by atoms with Crippen LogP contribution in [0.2, 0.25) is 0 Å². The molecular weight excluding hydrogens is 529 g/mol. The fourth-order valence-electron chi connectivity index (χ4n) is 4.34. The van der Waals surface area contributed by atoms with Gasteiger partial charge in [-0.2, -0.15) is 13.2 Å². The van der Waals surface area contributed by atoms with Crippen LogP contribution in [-0.2, 0) is 27.4 Å². The van der Waals surface area contributed by atoms with Crippen molar-refractivity contribution in [1.29, 1.82) is 0 Å². The number of carbonyl (C=O) groups is 2. The quantitative estimate of drug-likeness (QED) is 0.236. The largest absolute Gasteiger partial charge is 0.490 e. The fourth-order valence-corrected chi connectivity index (χ4v) is 4.34. The Kier molecular flexibility index (Phi) is 8.19. The molecule has 0 radical (unpaired) electrons. The summed E-state index contributed by atoms with van der Waals surface area (Å²) < 4.78 is 40.2. The minimum absolute atomic E-state index is 0.189. The minimum Gasteiger partial charge on any atom is -0.475 e. The molecule has 0 atom stereocenters. The van der Waals surface area contributed by atoms with Crippen LogP contribution in [0.25, 0.3) is 44.0 Å². The number of aryl methyl sites for hydroxylation is 1. The molecule has 0 saturated carbocycles. The molecule has 3 aromatic carbocycles. The monoisotopic (exact) mass is 554 g/mol. The number of ether oxygens (including phenoxy) is 1. The zero-order valence-electron chi connectivity index (χ0n) is 21.3. The number of nitrogens with zero attached hydrogens (tertiary/aromatic N) is 3. The molecule has 0 fully saturated rings. The number of aliphatic carboxylic acids is 1. The number of hydrogen-bond acceptors (Lipinski definition) is 6. The highest BCUT2D eigenvalue weighted by molar-refractivity contribution is 5.98. The van der Waals surface area contributed by atoms with E-state index in [-0.39, 0.29) is 12.1 Å². The SMILES string of the molecule is COC(=O)Cn1c(=O)c(-c2cn(CCCN)c3ccccc23)nc2cc3ccccc3cc21.O=C(O)C(F)(F)F. The van der Waals surface area contributed by atoms with Gasteiger partial charge in [0, 0.05) is 29.2 Å². The maximum atomic E-state index is 13.7. The Labute approximate surface area is 225 Å². The molecule has 0 amide bonds. The van der Waals surface area contributed by atoms with Crippen molar-refractivity contribution in [2.75, 3.05) is 13.7 Å². The number of hydrogen-bond donors (Lipinski definition) is 2. The number of carboxylic acid groups (broad SMARTS) is 1. The molecule has 5 rings (SSSR count). The van der Waals surface area contributed by atoms with Crippen LogP contribution in [0.5, 0.6) is 0 Å². The van der Waals surface area contributed by atoms with Crippen LogP contribution in [0.4, 0.5) is 13.2 Å². The Morgan fingerprint density at radius 2 is 1.65 bits per heavy atom. The molecule has 3 N–H and O–H groups in total. The van der Waals surface area contributed by atoms with E-state index in [1.165, 1.54) is 11.7 Å². The van der Waals surface area contributed by atoms with Gasteiger partial charge in [-0.1, -0.05) is 42.5 Å². The van der Waals surface area contributed by atoms with Crippen molar-refractivity contribution in [3.63, 3.8) is 0 Å². The first-order chi connectivity index (χ1) is 19.0. The summed E-state index contributed by atoms with van der Waals surface area (Å²) in [5.74, 6) is -3.25. The Hall–Kier alpha value is -4.71. The van der Waals surface area contributed by atoms with E-state index in [9.17, 15) is 22.8 Å². The van der Waals surface area contributed by atoms with E-state index < -0.39 is 18.1 Å². The third kappa shape index (κ3) is 5.81. The van der Waals surface area contributed by atoms with Crippen molar-refractivity contribution in [3.8, 4) is 11.3 Å². The molecule has 0 saturated heterocycles. The summed E-state index contributed by atoms with van der Waals surface area (Å²) >= 11 is 0. The van der Waals surface area contributed by atoms with Gasteiger partial charge >= 0.3 is 18.1 Å². The smallest absolute Gasteiger partial charge is 0.475 e. The molecule has 0 unspecified atom stereocenters. The average molecular weight is 555 g/mol. The van der Waals surface area contributed by atoms with Gasteiger partial charge < -0.3 is 20.1 Å². The summed E-state index contributed by atoms with van der Waals surface area (Å²) in [4.78, 5) is 39.6. The van der Waals surface area contributed by atoms with E-state index in [2.05, 4.69) is 4.57 Å². The zero-order chi connectivity index (χ0) is 29.0. The van der Waals surface area contributed by atoms with Gasteiger partial charge in [-0.25, -0.2) is 9.78 Å². The van der Waals surface area contributed by atoms with Gasteiger partial charge in [0.1, 0.15) is 12.2 Å². The number of esters is 1. The van der Waals surface area contributed by atoms with Crippen molar-refractivity contribution >= 4 is 44.6 Å². The number of halogens is 3. The third-order valence-corrected chi connectivity index (χ3v) is 6.22. The van der Waals surface area contributed by atoms with Crippen molar-refractivity contribution in [2.45, 2.75) is 25.7 Å². The van der Waals surface area contributed by atoms with Gasteiger partial charge in [-0.15, -0.1) is 0 Å². The van der Waals surface area contributed by atoms with Crippen molar-refractivity contribution in [2.24, 2.45) is 5.73 Å². The Morgan fingerprint density at radius 3 is 2.27 bits per heavy atom. The van der Waals surface area contributed by atoms with Crippen LogP contribution >= 0.6 is 0 Å². The zero-order valence-corrected chi connectivity index (χ0v) is 21.3. The second-order valence-electron chi connectivity index (χ2n) is 8.81. The summed E-state index contributed by atoms with van der Waals surface area (Å²) in [6.45, 7) is 1.13. The Bertz CT molecular complexity index is 1780. The van der Waals surface area contributed by atoms with E-state index in [1.807, 2.05) is 66.9 Å².